The van der Waals surface area contributed by atoms with Gasteiger partial charge in [-0.3, -0.25) is 29.4 Å². The van der Waals surface area contributed by atoms with Gasteiger partial charge in [-0.1, -0.05) is 23.7 Å². The minimum Gasteiger partial charge on any atom is -0.378 e. The van der Waals surface area contributed by atoms with Crippen molar-refractivity contribution < 1.29 is 24.0 Å². The standard InChI is InChI=1S/C23H21ClN4O6S/c1-14-2-4-16(24)12-17(14)25-21(29)13-27-22(30)20(35-23(27)31)11-15-3-5-18(19(10-15)28(32)33)26-6-8-34-9-7-26/h2-5,10-12H,6-9,13H2,1H3,(H,25,29)/b20-11-. The largest absolute Gasteiger partial charge is 0.378 e. The van der Waals surface area contributed by atoms with Crippen LogP contribution < -0.4 is 10.2 Å². The van der Waals surface area contributed by atoms with Gasteiger partial charge >= 0.3 is 0 Å². The first-order valence-corrected chi connectivity index (χ1v) is 11.8. The third kappa shape index (κ3) is 5.64. The summed E-state index contributed by atoms with van der Waals surface area (Å²) in [5, 5.41) is 14.2. The van der Waals surface area contributed by atoms with Crippen LogP contribution in [-0.4, -0.2) is 59.7 Å². The van der Waals surface area contributed by atoms with E-state index in [0.717, 1.165) is 10.5 Å². The highest BCUT2D eigenvalue weighted by Crippen LogP contribution is 2.35. The molecule has 0 aliphatic carbocycles. The third-order valence-electron chi connectivity index (χ3n) is 5.49. The molecule has 0 radical (unpaired) electrons. The Bertz CT molecular complexity index is 1240. The molecule has 2 aliphatic heterocycles. The van der Waals surface area contributed by atoms with Crippen LogP contribution in [0.5, 0.6) is 0 Å². The predicted octanol–water partition coefficient (Wildman–Crippen LogP) is 4.07. The van der Waals surface area contributed by atoms with Crippen molar-refractivity contribution >= 4 is 63.6 Å². The number of carbonyl (C=O) groups is 3. The topological polar surface area (TPSA) is 122 Å². The Kier molecular flexibility index (Phi) is 7.39. The van der Waals surface area contributed by atoms with Gasteiger partial charge in [-0.05, 0) is 54.1 Å². The lowest BCUT2D eigenvalue weighted by molar-refractivity contribution is -0.384. The van der Waals surface area contributed by atoms with E-state index in [2.05, 4.69) is 5.32 Å². The zero-order valence-electron chi connectivity index (χ0n) is 18.7. The Balaban J connectivity index is 1.50. The fourth-order valence-electron chi connectivity index (χ4n) is 3.70. The summed E-state index contributed by atoms with van der Waals surface area (Å²) in [4.78, 5) is 51.7. The summed E-state index contributed by atoms with van der Waals surface area (Å²) in [6.45, 7) is 3.36. The number of imide groups is 1. The molecule has 4 rings (SSSR count). The van der Waals surface area contributed by atoms with Gasteiger partial charge in [0.25, 0.3) is 16.8 Å². The minimum atomic E-state index is -0.641. The molecule has 2 fully saturated rings. The Morgan fingerprint density at radius 1 is 1.23 bits per heavy atom. The average Bonchev–Trinajstić information content (AvgIpc) is 3.09. The van der Waals surface area contributed by atoms with E-state index in [1.165, 1.54) is 12.1 Å². The van der Waals surface area contributed by atoms with E-state index in [-0.39, 0.29) is 10.6 Å². The number of nitrogens with one attached hydrogen (secondary N) is 1. The van der Waals surface area contributed by atoms with Crippen molar-refractivity contribution in [3.63, 3.8) is 0 Å². The van der Waals surface area contributed by atoms with Crippen molar-refractivity contribution in [3.05, 3.63) is 67.6 Å². The summed E-state index contributed by atoms with van der Waals surface area (Å²) in [5.74, 6) is -1.19. The smallest absolute Gasteiger partial charge is 0.294 e. The van der Waals surface area contributed by atoms with Crippen molar-refractivity contribution in [2.45, 2.75) is 6.92 Å². The molecule has 10 nitrogen and oxygen atoms in total. The summed E-state index contributed by atoms with van der Waals surface area (Å²) in [5.41, 5.74) is 2.03. The van der Waals surface area contributed by atoms with Crippen LogP contribution in [0.25, 0.3) is 6.08 Å². The number of amides is 3. The van der Waals surface area contributed by atoms with E-state index in [1.54, 1.807) is 37.3 Å². The fourth-order valence-corrected chi connectivity index (χ4v) is 4.71. The van der Waals surface area contributed by atoms with Crippen LogP contribution in [-0.2, 0) is 14.3 Å². The summed E-state index contributed by atoms with van der Waals surface area (Å²) < 4.78 is 5.31. The number of anilines is 2. The molecule has 0 atom stereocenters. The number of nitro benzene ring substituents is 1. The van der Waals surface area contributed by atoms with Gasteiger partial charge in [-0.15, -0.1) is 0 Å². The van der Waals surface area contributed by atoms with E-state index in [1.807, 2.05) is 4.90 Å². The zero-order chi connectivity index (χ0) is 25.1. The Morgan fingerprint density at radius 3 is 2.69 bits per heavy atom. The maximum atomic E-state index is 12.8. The summed E-state index contributed by atoms with van der Waals surface area (Å²) >= 11 is 6.64. The molecule has 2 saturated heterocycles. The molecular weight excluding hydrogens is 496 g/mol. The highest BCUT2D eigenvalue weighted by atomic mass is 35.5. The number of rotatable bonds is 6. The first kappa shape index (κ1) is 24.7. The van der Waals surface area contributed by atoms with E-state index in [4.69, 9.17) is 16.3 Å². The number of carbonyl (C=O) groups excluding carboxylic acids is 3. The van der Waals surface area contributed by atoms with Crippen LogP contribution in [0.15, 0.2) is 41.3 Å². The molecule has 2 aromatic carbocycles. The van der Waals surface area contributed by atoms with Crippen molar-refractivity contribution in [1.29, 1.82) is 0 Å². The van der Waals surface area contributed by atoms with Gasteiger partial charge in [0, 0.05) is 29.9 Å². The van der Waals surface area contributed by atoms with Crippen LogP contribution in [0, 0.1) is 17.0 Å². The Labute approximate surface area is 210 Å². The predicted molar refractivity (Wildman–Crippen MR) is 134 cm³/mol. The van der Waals surface area contributed by atoms with Crippen molar-refractivity contribution in [2.24, 2.45) is 0 Å². The first-order valence-electron chi connectivity index (χ1n) is 10.7. The van der Waals surface area contributed by atoms with Crippen molar-refractivity contribution in [3.8, 4) is 0 Å². The molecule has 0 unspecified atom stereocenters. The molecular formula is C23H21ClN4O6S. The van der Waals surface area contributed by atoms with Gasteiger partial charge in [-0.2, -0.15) is 0 Å². The number of hydrogen-bond donors (Lipinski definition) is 1. The first-order chi connectivity index (χ1) is 16.7. The number of halogens is 1. The molecule has 182 valence electrons. The van der Waals surface area contributed by atoms with E-state index >= 15 is 0 Å². The number of hydrogen-bond acceptors (Lipinski definition) is 8. The molecule has 0 aromatic heterocycles. The van der Waals surface area contributed by atoms with E-state index in [9.17, 15) is 24.5 Å². The molecule has 2 heterocycles. The molecule has 2 aromatic rings. The molecule has 2 aliphatic rings. The summed E-state index contributed by atoms with van der Waals surface area (Å²) in [6.07, 6.45) is 1.42. The van der Waals surface area contributed by atoms with Gasteiger partial charge in [0.2, 0.25) is 5.91 Å². The summed E-state index contributed by atoms with van der Waals surface area (Å²) in [6, 6.07) is 9.65. The Hall–Kier alpha value is -3.41. The molecule has 12 heteroatoms. The maximum Gasteiger partial charge on any atom is 0.294 e. The second-order valence-electron chi connectivity index (χ2n) is 7.88. The quantitative estimate of drug-likeness (QED) is 0.346. The monoisotopic (exact) mass is 516 g/mol. The van der Waals surface area contributed by atoms with Crippen LogP contribution in [0.1, 0.15) is 11.1 Å². The lowest BCUT2D eigenvalue weighted by atomic mass is 10.1. The van der Waals surface area contributed by atoms with Gasteiger partial charge in [-0.25, -0.2) is 0 Å². The Morgan fingerprint density at radius 2 is 1.97 bits per heavy atom. The summed E-state index contributed by atoms with van der Waals surface area (Å²) in [7, 11) is 0. The second kappa shape index (κ2) is 10.5. The van der Waals surface area contributed by atoms with Crippen LogP contribution in [0.2, 0.25) is 5.02 Å². The average molecular weight is 517 g/mol. The molecule has 0 spiro atoms. The number of aryl methyl sites for hydroxylation is 1. The zero-order valence-corrected chi connectivity index (χ0v) is 20.2. The normalized spacial score (nSPS) is 17.3. The number of thioether (sulfide) groups is 1. The van der Waals surface area contributed by atoms with Gasteiger partial charge < -0.3 is 15.0 Å². The third-order valence-corrected chi connectivity index (χ3v) is 6.64. The number of nitrogens with zero attached hydrogens (tertiary/aromatic N) is 3. The number of benzene rings is 2. The lowest BCUT2D eigenvalue weighted by Gasteiger charge is -2.28. The van der Waals surface area contributed by atoms with Crippen molar-refractivity contribution in [2.75, 3.05) is 43.1 Å². The van der Waals surface area contributed by atoms with Crippen LogP contribution in [0.4, 0.5) is 21.9 Å². The van der Waals surface area contributed by atoms with Gasteiger partial charge in [0.1, 0.15) is 12.2 Å². The van der Waals surface area contributed by atoms with Gasteiger partial charge in [0.15, 0.2) is 0 Å². The molecule has 0 bridgehead atoms. The number of nitro groups is 1. The highest BCUT2D eigenvalue weighted by molar-refractivity contribution is 8.18. The molecule has 35 heavy (non-hydrogen) atoms. The molecule has 0 saturated carbocycles. The van der Waals surface area contributed by atoms with E-state index < -0.39 is 28.5 Å². The van der Waals surface area contributed by atoms with Crippen molar-refractivity contribution in [1.82, 2.24) is 4.90 Å². The maximum absolute atomic E-state index is 12.8. The lowest BCUT2D eigenvalue weighted by Crippen LogP contribution is -2.36. The highest BCUT2D eigenvalue weighted by Gasteiger charge is 2.36. The molecule has 1 N–H and O–H groups in total. The second-order valence-corrected chi connectivity index (χ2v) is 9.31. The number of morpholine rings is 1. The molecule has 3 amide bonds. The van der Waals surface area contributed by atoms with Crippen LogP contribution >= 0.6 is 23.4 Å². The van der Waals surface area contributed by atoms with Crippen LogP contribution in [0.3, 0.4) is 0 Å². The van der Waals surface area contributed by atoms with Gasteiger partial charge in [0.05, 0.1) is 23.0 Å². The SMILES string of the molecule is Cc1ccc(Cl)cc1NC(=O)CN1C(=O)S/C(=C\c2ccc(N3CCOCC3)c([N+](=O)[O-])c2)C1=O. The fraction of sp³-hybridized carbons (Fsp3) is 0.261. The van der Waals surface area contributed by atoms with E-state index in [0.29, 0.717) is 60.0 Å². The number of ether oxygens (including phenoxy) is 1. The minimum absolute atomic E-state index is 0.0788.